The number of nitrogens with zero attached hydrogens (tertiary/aromatic N) is 4. The van der Waals surface area contributed by atoms with Crippen molar-refractivity contribution in [3.8, 4) is 5.75 Å². The first-order valence-electron chi connectivity index (χ1n) is 4.24. The van der Waals surface area contributed by atoms with Gasteiger partial charge in [-0.15, -0.1) is 10.2 Å². The Labute approximate surface area is 119 Å². The molecule has 0 atom stereocenters. The van der Waals surface area contributed by atoms with Crippen molar-refractivity contribution < 1.29 is 5.11 Å². The van der Waals surface area contributed by atoms with Crippen LogP contribution in [0, 0.1) is 7.14 Å². The molecule has 2 aromatic rings. The van der Waals surface area contributed by atoms with Crippen molar-refractivity contribution in [2.24, 2.45) is 5.10 Å². The first kappa shape index (κ1) is 11.8. The van der Waals surface area contributed by atoms with E-state index in [9.17, 15) is 5.11 Å². The Kier molecular flexibility index (Phi) is 3.74. The van der Waals surface area contributed by atoms with Gasteiger partial charge in [-0.2, -0.15) is 5.10 Å². The molecule has 1 N–H and O–H groups in total. The number of benzene rings is 1. The molecular weight excluding hydrogens is 434 g/mol. The third kappa shape index (κ3) is 2.70. The Morgan fingerprint density at radius 3 is 2.62 bits per heavy atom. The minimum atomic E-state index is 0.234. The highest BCUT2D eigenvalue weighted by molar-refractivity contribution is 14.1. The lowest BCUT2D eigenvalue weighted by Gasteiger charge is -2.02. The molecule has 1 aromatic carbocycles. The SMILES string of the molecule is Oc1c(I)cc(I)cc1C=Nn1cnnc1. The molecule has 0 aliphatic carbocycles. The molecule has 5 nitrogen and oxygen atoms in total. The number of rotatable bonds is 2. The lowest BCUT2D eigenvalue weighted by molar-refractivity contribution is 0.470. The van der Waals surface area contributed by atoms with E-state index in [-0.39, 0.29) is 5.75 Å². The molecule has 0 saturated heterocycles. The molecular formula is C9H6I2N4O. The number of phenolic OH excluding ortho intramolecular Hbond substituents is 1. The molecule has 0 amide bonds. The summed E-state index contributed by atoms with van der Waals surface area (Å²) in [6.45, 7) is 0. The fraction of sp³-hybridized carbons (Fsp3) is 0. The van der Waals surface area contributed by atoms with E-state index >= 15 is 0 Å². The van der Waals surface area contributed by atoms with Crippen LogP contribution in [0.4, 0.5) is 0 Å². The minimum Gasteiger partial charge on any atom is -0.506 e. The Hall–Kier alpha value is -0.710. The predicted molar refractivity (Wildman–Crippen MR) is 76.6 cm³/mol. The molecule has 82 valence electrons. The smallest absolute Gasteiger partial charge is 0.141 e. The molecule has 0 bridgehead atoms. The average Bonchev–Trinajstić information content (AvgIpc) is 2.74. The molecule has 0 unspecified atom stereocenters. The van der Waals surface area contributed by atoms with E-state index in [0.29, 0.717) is 5.56 Å². The van der Waals surface area contributed by atoms with Crippen LogP contribution in [0.1, 0.15) is 5.56 Å². The summed E-state index contributed by atoms with van der Waals surface area (Å²) in [6, 6.07) is 3.75. The summed E-state index contributed by atoms with van der Waals surface area (Å²) in [5, 5.41) is 21.1. The van der Waals surface area contributed by atoms with E-state index in [1.807, 2.05) is 12.1 Å². The molecule has 1 aromatic heterocycles. The highest BCUT2D eigenvalue weighted by Gasteiger charge is 2.04. The van der Waals surface area contributed by atoms with Gasteiger partial charge in [0.2, 0.25) is 0 Å². The summed E-state index contributed by atoms with van der Waals surface area (Å²) in [5.41, 5.74) is 0.671. The fourth-order valence-electron chi connectivity index (χ4n) is 1.07. The van der Waals surface area contributed by atoms with Gasteiger partial charge < -0.3 is 5.11 Å². The van der Waals surface area contributed by atoms with E-state index in [4.69, 9.17) is 0 Å². The number of halogens is 2. The maximum atomic E-state index is 9.81. The number of hydrogen-bond acceptors (Lipinski definition) is 4. The standard InChI is InChI=1S/C9H6I2N4O/c10-7-1-6(9(16)8(11)2-7)3-14-15-4-12-13-5-15/h1-5,16H. The first-order valence-corrected chi connectivity index (χ1v) is 6.39. The minimum absolute atomic E-state index is 0.234. The van der Waals surface area contributed by atoms with E-state index < -0.39 is 0 Å². The van der Waals surface area contributed by atoms with Gasteiger partial charge in [-0.05, 0) is 57.3 Å². The predicted octanol–water partition coefficient (Wildman–Crippen LogP) is 2.08. The van der Waals surface area contributed by atoms with Gasteiger partial charge >= 0.3 is 0 Å². The summed E-state index contributed by atoms with van der Waals surface area (Å²) in [7, 11) is 0. The summed E-state index contributed by atoms with van der Waals surface area (Å²) in [4.78, 5) is 0. The molecule has 0 saturated carbocycles. The zero-order valence-corrected chi connectivity index (χ0v) is 12.2. The van der Waals surface area contributed by atoms with Gasteiger partial charge in [0.25, 0.3) is 0 Å². The summed E-state index contributed by atoms with van der Waals surface area (Å²) in [6.07, 6.45) is 4.53. The van der Waals surface area contributed by atoms with Crippen LogP contribution in [0.3, 0.4) is 0 Å². The molecule has 2 rings (SSSR count). The zero-order chi connectivity index (χ0) is 11.5. The van der Waals surface area contributed by atoms with Crippen LogP contribution < -0.4 is 0 Å². The topological polar surface area (TPSA) is 63.3 Å². The normalized spacial score (nSPS) is 11.1. The van der Waals surface area contributed by atoms with Crippen LogP contribution in [-0.4, -0.2) is 26.2 Å². The quantitative estimate of drug-likeness (QED) is 0.575. The van der Waals surface area contributed by atoms with Crippen LogP contribution in [0.2, 0.25) is 0 Å². The van der Waals surface area contributed by atoms with Crippen molar-refractivity contribution in [1.29, 1.82) is 0 Å². The van der Waals surface area contributed by atoms with Gasteiger partial charge in [-0.3, -0.25) is 0 Å². The Balaban J connectivity index is 2.34. The number of aromatic nitrogens is 3. The summed E-state index contributed by atoms with van der Waals surface area (Å²) >= 11 is 4.27. The number of phenols is 1. The van der Waals surface area contributed by atoms with Gasteiger partial charge in [0.05, 0.1) is 9.78 Å². The molecule has 1 heterocycles. The number of hydrogen-bond donors (Lipinski definition) is 1. The average molecular weight is 440 g/mol. The third-order valence-corrected chi connectivity index (χ3v) is 3.24. The molecule has 16 heavy (non-hydrogen) atoms. The molecule has 0 radical (unpaired) electrons. The van der Waals surface area contributed by atoms with E-state index in [1.54, 1.807) is 6.21 Å². The second-order valence-corrected chi connectivity index (χ2v) is 5.32. The van der Waals surface area contributed by atoms with Crippen LogP contribution >= 0.6 is 45.2 Å². The monoisotopic (exact) mass is 440 g/mol. The van der Waals surface area contributed by atoms with Crippen molar-refractivity contribution in [2.75, 3.05) is 0 Å². The molecule has 0 aliphatic heterocycles. The van der Waals surface area contributed by atoms with Crippen LogP contribution in [0.5, 0.6) is 5.75 Å². The largest absolute Gasteiger partial charge is 0.506 e. The number of aromatic hydroxyl groups is 1. The first-order chi connectivity index (χ1) is 7.66. The van der Waals surface area contributed by atoms with E-state index in [0.717, 1.165) is 7.14 Å². The Morgan fingerprint density at radius 1 is 1.25 bits per heavy atom. The molecule has 0 fully saturated rings. The second kappa shape index (κ2) is 5.08. The lowest BCUT2D eigenvalue weighted by atomic mass is 10.2. The molecule has 0 spiro atoms. The highest BCUT2D eigenvalue weighted by Crippen LogP contribution is 2.25. The second-order valence-electron chi connectivity index (χ2n) is 2.91. The van der Waals surface area contributed by atoms with Gasteiger partial charge in [0, 0.05) is 9.13 Å². The van der Waals surface area contributed by atoms with Gasteiger partial charge in [0.15, 0.2) is 0 Å². The molecule has 7 heteroatoms. The Bertz CT molecular complexity index is 525. The maximum Gasteiger partial charge on any atom is 0.141 e. The van der Waals surface area contributed by atoms with Crippen molar-refractivity contribution >= 4 is 51.4 Å². The van der Waals surface area contributed by atoms with Crippen molar-refractivity contribution in [3.63, 3.8) is 0 Å². The summed E-state index contributed by atoms with van der Waals surface area (Å²) < 4.78 is 3.31. The van der Waals surface area contributed by atoms with Gasteiger partial charge in [0.1, 0.15) is 18.4 Å². The van der Waals surface area contributed by atoms with Gasteiger partial charge in [-0.25, -0.2) is 4.68 Å². The van der Waals surface area contributed by atoms with Crippen molar-refractivity contribution in [2.45, 2.75) is 0 Å². The van der Waals surface area contributed by atoms with E-state index in [1.165, 1.54) is 17.3 Å². The van der Waals surface area contributed by atoms with Gasteiger partial charge in [-0.1, -0.05) is 0 Å². The van der Waals surface area contributed by atoms with Crippen LogP contribution in [0.25, 0.3) is 0 Å². The maximum absolute atomic E-state index is 9.81. The zero-order valence-electron chi connectivity index (χ0n) is 7.88. The molecule has 0 aliphatic rings. The lowest BCUT2D eigenvalue weighted by Crippen LogP contribution is -1.91. The fourth-order valence-corrected chi connectivity index (χ4v) is 2.96. The highest BCUT2D eigenvalue weighted by atomic mass is 127. The van der Waals surface area contributed by atoms with Crippen molar-refractivity contribution in [1.82, 2.24) is 14.9 Å². The third-order valence-electron chi connectivity index (χ3n) is 1.79. The van der Waals surface area contributed by atoms with Crippen LogP contribution in [0.15, 0.2) is 29.9 Å². The Morgan fingerprint density at radius 2 is 1.94 bits per heavy atom. The van der Waals surface area contributed by atoms with Crippen molar-refractivity contribution in [3.05, 3.63) is 37.5 Å². The van der Waals surface area contributed by atoms with E-state index in [2.05, 4.69) is 60.5 Å². The van der Waals surface area contributed by atoms with Crippen LogP contribution in [-0.2, 0) is 0 Å². The summed E-state index contributed by atoms with van der Waals surface area (Å²) in [5.74, 6) is 0.234.